The van der Waals surface area contributed by atoms with Gasteiger partial charge in [0.2, 0.25) is 0 Å². The van der Waals surface area contributed by atoms with Crippen LogP contribution in [0.5, 0.6) is 0 Å². The fourth-order valence-corrected chi connectivity index (χ4v) is 2.73. The minimum Gasteiger partial charge on any atom is -0.452 e. The number of benzene rings is 1. The topological polar surface area (TPSA) is 85.8 Å². The molecule has 24 heavy (non-hydrogen) atoms. The summed E-state index contributed by atoms with van der Waals surface area (Å²) in [5.74, 6) is -1.24. The largest absolute Gasteiger partial charge is 0.452 e. The number of para-hydroxylation sites is 1. The standard InChI is InChI=1S/C17H16N2O5/c1-10-12-5-3-4-6-13(12)18-11(2)15(10)16(21)24-9-14(20)19-7-8-23-17(19)22/h3-6H,7-9H2,1-2H3. The van der Waals surface area contributed by atoms with Crippen molar-refractivity contribution in [3.63, 3.8) is 0 Å². The molecule has 2 aromatic rings. The van der Waals surface area contributed by atoms with Gasteiger partial charge >= 0.3 is 12.1 Å². The van der Waals surface area contributed by atoms with Crippen molar-refractivity contribution in [1.29, 1.82) is 0 Å². The lowest BCUT2D eigenvalue weighted by molar-refractivity contribution is -0.131. The third-order valence-electron chi connectivity index (χ3n) is 3.93. The summed E-state index contributed by atoms with van der Waals surface area (Å²) in [7, 11) is 0. The van der Waals surface area contributed by atoms with E-state index in [-0.39, 0.29) is 13.2 Å². The summed E-state index contributed by atoms with van der Waals surface area (Å²) in [6, 6.07) is 7.48. The van der Waals surface area contributed by atoms with Crippen LogP contribution in [0.3, 0.4) is 0 Å². The molecule has 1 aromatic heterocycles. The molecule has 0 unspecified atom stereocenters. The summed E-state index contributed by atoms with van der Waals surface area (Å²) < 4.78 is 9.76. The van der Waals surface area contributed by atoms with Crippen LogP contribution in [-0.2, 0) is 14.3 Å². The molecule has 3 rings (SSSR count). The number of rotatable bonds is 3. The van der Waals surface area contributed by atoms with Crippen LogP contribution in [0, 0.1) is 13.8 Å². The van der Waals surface area contributed by atoms with Gasteiger partial charge in [-0.3, -0.25) is 9.78 Å². The summed E-state index contributed by atoms with van der Waals surface area (Å²) in [6.07, 6.45) is -0.712. The van der Waals surface area contributed by atoms with Crippen molar-refractivity contribution in [3.05, 3.63) is 41.1 Å². The molecular weight excluding hydrogens is 312 g/mol. The Hall–Kier alpha value is -2.96. The predicted octanol–water partition coefficient (Wildman–Crippen LogP) is 1.99. The van der Waals surface area contributed by atoms with Gasteiger partial charge in [-0.2, -0.15) is 0 Å². The van der Waals surface area contributed by atoms with E-state index in [0.29, 0.717) is 11.3 Å². The molecule has 2 amide bonds. The maximum absolute atomic E-state index is 12.4. The number of amides is 2. The van der Waals surface area contributed by atoms with Gasteiger partial charge in [0.05, 0.1) is 23.3 Å². The lowest BCUT2D eigenvalue weighted by Crippen LogP contribution is -2.35. The fourth-order valence-electron chi connectivity index (χ4n) is 2.73. The molecule has 0 N–H and O–H groups in total. The number of carbonyl (C=O) groups is 3. The summed E-state index contributed by atoms with van der Waals surface area (Å²) >= 11 is 0. The molecule has 7 nitrogen and oxygen atoms in total. The van der Waals surface area contributed by atoms with Crippen molar-refractivity contribution in [1.82, 2.24) is 9.88 Å². The zero-order valence-electron chi connectivity index (χ0n) is 13.4. The number of aromatic nitrogens is 1. The zero-order valence-corrected chi connectivity index (χ0v) is 13.4. The third-order valence-corrected chi connectivity index (χ3v) is 3.93. The lowest BCUT2D eigenvalue weighted by atomic mass is 10.0. The normalized spacial score (nSPS) is 13.9. The Morgan fingerprint density at radius 2 is 2.04 bits per heavy atom. The second-order valence-electron chi connectivity index (χ2n) is 5.45. The molecule has 1 aliphatic heterocycles. The first-order chi connectivity index (χ1) is 11.5. The molecular formula is C17H16N2O5. The van der Waals surface area contributed by atoms with E-state index in [9.17, 15) is 14.4 Å². The molecule has 0 radical (unpaired) electrons. The van der Waals surface area contributed by atoms with Gasteiger partial charge in [0, 0.05) is 5.39 Å². The minimum atomic E-state index is -0.712. The van der Waals surface area contributed by atoms with Gasteiger partial charge in [-0.05, 0) is 25.5 Å². The Kier molecular flexibility index (Phi) is 4.16. The van der Waals surface area contributed by atoms with E-state index in [0.717, 1.165) is 21.4 Å². The molecule has 0 atom stereocenters. The molecule has 0 aliphatic carbocycles. The smallest absolute Gasteiger partial charge is 0.416 e. The number of esters is 1. The zero-order chi connectivity index (χ0) is 17.3. The molecule has 1 fully saturated rings. The summed E-state index contributed by atoms with van der Waals surface area (Å²) in [5.41, 5.74) is 2.41. The number of imide groups is 1. The van der Waals surface area contributed by atoms with Crippen LogP contribution in [0.15, 0.2) is 24.3 Å². The van der Waals surface area contributed by atoms with E-state index >= 15 is 0 Å². The number of carbonyl (C=O) groups excluding carboxylic acids is 3. The quantitative estimate of drug-likeness (QED) is 0.801. The van der Waals surface area contributed by atoms with Crippen LogP contribution >= 0.6 is 0 Å². The maximum Gasteiger partial charge on any atom is 0.416 e. The highest BCUT2D eigenvalue weighted by atomic mass is 16.6. The first-order valence-corrected chi connectivity index (χ1v) is 7.49. The van der Waals surface area contributed by atoms with Gasteiger partial charge in [0.15, 0.2) is 6.61 Å². The predicted molar refractivity (Wildman–Crippen MR) is 84.6 cm³/mol. The molecule has 2 heterocycles. The molecule has 0 bridgehead atoms. The number of nitrogens with zero attached hydrogens (tertiary/aromatic N) is 2. The van der Waals surface area contributed by atoms with Gasteiger partial charge in [0.1, 0.15) is 6.61 Å². The summed E-state index contributed by atoms with van der Waals surface area (Å²) in [6.45, 7) is 3.35. The van der Waals surface area contributed by atoms with E-state index in [4.69, 9.17) is 4.74 Å². The Morgan fingerprint density at radius 3 is 2.75 bits per heavy atom. The molecule has 1 aromatic carbocycles. The second kappa shape index (κ2) is 6.27. The van der Waals surface area contributed by atoms with E-state index in [1.807, 2.05) is 31.2 Å². The van der Waals surface area contributed by atoms with Crippen molar-refractivity contribution in [2.75, 3.05) is 19.8 Å². The van der Waals surface area contributed by atoms with Crippen LogP contribution in [0.2, 0.25) is 0 Å². The Balaban J connectivity index is 1.79. The molecule has 0 saturated carbocycles. The van der Waals surface area contributed by atoms with Crippen LogP contribution in [0.1, 0.15) is 21.6 Å². The van der Waals surface area contributed by atoms with Gasteiger partial charge in [0.25, 0.3) is 5.91 Å². The van der Waals surface area contributed by atoms with Gasteiger partial charge < -0.3 is 9.47 Å². The van der Waals surface area contributed by atoms with Crippen molar-refractivity contribution in [2.45, 2.75) is 13.8 Å². The average Bonchev–Trinajstić information content (AvgIpc) is 2.99. The Morgan fingerprint density at radius 1 is 1.29 bits per heavy atom. The molecule has 124 valence electrons. The van der Waals surface area contributed by atoms with Crippen LogP contribution < -0.4 is 0 Å². The van der Waals surface area contributed by atoms with E-state index in [1.165, 1.54) is 0 Å². The highest BCUT2D eigenvalue weighted by molar-refractivity contribution is 6.00. The van der Waals surface area contributed by atoms with Crippen LogP contribution in [-0.4, -0.2) is 47.6 Å². The van der Waals surface area contributed by atoms with E-state index < -0.39 is 24.6 Å². The highest BCUT2D eigenvalue weighted by Crippen LogP contribution is 2.23. The SMILES string of the molecule is Cc1nc2ccccc2c(C)c1C(=O)OCC(=O)N1CCOC1=O. The third kappa shape index (κ3) is 2.80. The second-order valence-corrected chi connectivity index (χ2v) is 5.45. The maximum atomic E-state index is 12.4. The van der Waals surface area contributed by atoms with Gasteiger partial charge in [-0.15, -0.1) is 0 Å². The van der Waals surface area contributed by atoms with E-state index in [2.05, 4.69) is 9.72 Å². The summed E-state index contributed by atoms with van der Waals surface area (Å²) in [5, 5.41) is 0.851. The lowest BCUT2D eigenvalue weighted by Gasteiger charge is -2.13. The molecule has 1 aliphatic rings. The number of fused-ring (bicyclic) bond motifs is 1. The molecule has 0 spiro atoms. The monoisotopic (exact) mass is 328 g/mol. The number of aryl methyl sites for hydroxylation is 2. The fraction of sp³-hybridized carbons (Fsp3) is 0.294. The van der Waals surface area contributed by atoms with Gasteiger partial charge in [-0.25, -0.2) is 14.5 Å². The van der Waals surface area contributed by atoms with Crippen LogP contribution in [0.4, 0.5) is 4.79 Å². The number of hydrogen-bond acceptors (Lipinski definition) is 6. The van der Waals surface area contributed by atoms with Crippen molar-refractivity contribution in [2.24, 2.45) is 0 Å². The van der Waals surface area contributed by atoms with Crippen molar-refractivity contribution < 1.29 is 23.9 Å². The Labute approximate surface area is 138 Å². The van der Waals surface area contributed by atoms with Crippen molar-refractivity contribution >= 4 is 28.9 Å². The first-order valence-electron chi connectivity index (χ1n) is 7.49. The van der Waals surface area contributed by atoms with E-state index in [1.54, 1.807) is 6.92 Å². The number of cyclic esters (lactones) is 1. The van der Waals surface area contributed by atoms with Gasteiger partial charge in [-0.1, -0.05) is 18.2 Å². The van der Waals surface area contributed by atoms with Crippen molar-refractivity contribution in [3.8, 4) is 0 Å². The number of hydrogen-bond donors (Lipinski definition) is 0. The molecule has 7 heteroatoms. The number of ether oxygens (including phenoxy) is 2. The highest BCUT2D eigenvalue weighted by Gasteiger charge is 2.29. The molecule has 1 saturated heterocycles. The van der Waals surface area contributed by atoms with Crippen LogP contribution in [0.25, 0.3) is 10.9 Å². The number of pyridine rings is 1. The average molecular weight is 328 g/mol. The minimum absolute atomic E-state index is 0.158. The summed E-state index contributed by atoms with van der Waals surface area (Å²) in [4.78, 5) is 40.9. The first kappa shape index (κ1) is 15.9. The Bertz CT molecular complexity index is 846.